The molecule has 2 aromatic carbocycles. The molecule has 0 spiro atoms. The third kappa shape index (κ3) is 7.30. The number of carboxylic acid groups (broad SMARTS) is 2. The van der Waals surface area contributed by atoms with Crippen molar-refractivity contribution in [2.45, 2.75) is 65.7 Å². The van der Waals surface area contributed by atoms with Gasteiger partial charge < -0.3 is 39.0 Å². The van der Waals surface area contributed by atoms with Crippen LogP contribution in [0.3, 0.4) is 0 Å². The molecule has 0 bridgehead atoms. The molecule has 46 heavy (non-hydrogen) atoms. The van der Waals surface area contributed by atoms with Crippen molar-refractivity contribution in [1.82, 2.24) is 9.80 Å². The Bertz CT molecular complexity index is 1530. The lowest BCUT2D eigenvalue weighted by Crippen LogP contribution is -2.30. The molecule has 0 fully saturated rings. The maximum Gasteiger partial charge on any atom is 0.306 e. The molecular weight excluding hydrogens is 688 g/mol. The number of fused-ring (bicyclic) bond motifs is 2. The van der Waals surface area contributed by atoms with E-state index < -0.39 is 29.8 Å². The number of carbonyl (C=O) groups is 4. The monoisotopic (exact) mass is 724 g/mol. The minimum absolute atomic E-state index is 0.0687. The lowest BCUT2D eigenvalue weighted by Gasteiger charge is -2.23. The zero-order valence-corrected chi connectivity index (χ0v) is 28.7. The Kier molecular flexibility index (Phi) is 11.3. The Morgan fingerprint density at radius 3 is 2.02 bits per heavy atom. The van der Waals surface area contributed by atoms with E-state index in [4.69, 9.17) is 35.7 Å². The number of nitrogens with zero attached hydrogens (tertiary/aromatic N) is 2. The van der Waals surface area contributed by atoms with Crippen LogP contribution in [0.25, 0.3) is 0 Å². The van der Waals surface area contributed by atoms with Gasteiger partial charge in [0.1, 0.15) is 0 Å². The van der Waals surface area contributed by atoms with E-state index in [0.717, 1.165) is 16.7 Å². The number of ether oxygens (including phenoxy) is 4. The van der Waals surface area contributed by atoms with Gasteiger partial charge in [-0.3, -0.25) is 19.2 Å². The fourth-order valence-electron chi connectivity index (χ4n) is 5.59. The fraction of sp³-hybridized carbons (Fsp3) is 0.500. The number of benzene rings is 2. The first kappa shape index (κ1) is 35.1. The number of rotatable bonds is 14. The average molecular weight is 726 g/mol. The third-order valence-corrected chi connectivity index (χ3v) is 9.54. The van der Waals surface area contributed by atoms with Crippen LogP contribution in [-0.4, -0.2) is 71.2 Å². The van der Waals surface area contributed by atoms with E-state index in [-0.39, 0.29) is 44.4 Å². The van der Waals surface area contributed by atoms with Gasteiger partial charge in [0.2, 0.25) is 11.8 Å². The van der Waals surface area contributed by atoms with Crippen LogP contribution < -0.4 is 18.9 Å². The second kappa shape index (κ2) is 14.8. The number of hydrogen-bond donors (Lipinski definition) is 2. The zero-order chi connectivity index (χ0) is 33.9. The quantitative estimate of drug-likeness (QED) is 0.241. The minimum atomic E-state index is -1.03. The maximum absolute atomic E-state index is 13.0. The largest absolute Gasteiger partial charge is 0.493 e. The molecule has 250 valence electrons. The van der Waals surface area contributed by atoms with Crippen LogP contribution in [0.2, 0.25) is 5.02 Å². The summed E-state index contributed by atoms with van der Waals surface area (Å²) in [5.74, 6) is -2.37. The van der Waals surface area contributed by atoms with Gasteiger partial charge in [-0.1, -0.05) is 25.4 Å². The summed E-state index contributed by atoms with van der Waals surface area (Å²) in [6.07, 6.45) is 0.279. The third-order valence-electron chi connectivity index (χ3n) is 8.33. The van der Waals surface area contributed by atoms with E-state index in [0.29, 0.717) is 57.6 Å². The number of aliphatic carboxylic acids is 2. The summed E-state index contributed by atoms with van der Waals surface area (Å²) < 4.78 is 23.9. The summed E-state index contributed by atoms with van der Waals surface area (Å²) >= 11 is 10.4. The van der Waals surface area contributed by atoms with Gasteiger partial charge in [-0.2, -0.15) is 0 Å². The van der Waals surface area contributed by atoms with Gasteiger partial charge in [0.25, 0.3) is 0 Å². The summed E-state index contributed by atoms with van der Waals surface area (Å²) in [7, 11) is 3.03. The van der Waals surface area contributed by atoms with Crippen LogP contribution in [0.4, 0.5) is 0 Å². The highest BCUT2D eigenvalue weighted by molar-refractivity contribution is 9.10. The van der Waals surface area contributed by atoms with Crippen molar-refractivity contribution in [1.29, 1.82) is 0 Å². The molecule has 0 saturated heterocycles. The van der Waals surface area contributed by atoms with E-state index >= 15 is 0 Å². The van der Waals surface area contributed by atoms with Crippen molar-refractivity contribution >= 4 is 51.3 Å². The molecule has 0 radical (unpaired) electrons. The number of carbonyl (C=O) groups excluding carboxylic acids is 2. The van der Waals surface area contributed by atoms with Crippen molar-refractivity contribution < 1.29 is 48.3 Å². The highest BCUT2D eigenvalue weighted by atomic mass is 79.9. The first-order valence-electron chi connectivity index (χ1n) is 14.8. The fourth-order valence-corrected chi connectivity index (χ4v) is 6.69. The first-order chi connectivity index (χ1) is 21.8. The van der Waals surface area contributed by atoms with Gasteiger partial charge in [-0.25, -0.2) is 0 Å². The first-order valence-corrected chi connectivity index (χ1v) is 16.0. The van der Waals surface area contributed by atoms with Crippen LogP contribution in [0.15, 0.2) is 16.6 Å². The number of halogens is 2. The number of methoxy groups -OCH3 is 2. The summed E-state index contributed by atoms with van der Waals surface area (Å²) in [5, 5.41) is 18.7. The molecule has 12 nitrogen and oxygen atoms in total. The lowest BCUT2D eigenvalue weighted by molar-refractivity contribution is -0.146. The van der Waals surface area contributed by atoms with Gasteiger partial charge in [0.05, 0.1) is 54.8 Å². The molecule has 3 unspecified atom stereocenters. The molecule has 2 aromatic rings. The summed E-state index contributed by atoms with van der Waals surface area (Å²) in [6, 6.07) is 3.27. The Hall–Kier alpha value is -3.71. The summed E-state index contributed by atoms with van der Waals surface area (Å²) in [5.41, 5.74) is 3.31. The highest BCUT2D eigenvalue weighted by Gasteiger charge is 2.38. The van der Waals surface area contributed by atoms with Crippen LogP contribution >= 0.6 is 27.5 Å². The predicted octanol–water partition coefficient (Wildman–Crippen LogP) is 5.43. The van der Waals surface area contributed by atoms with Crippen molar-refractivity contribution in [3.05, 3.63) is 43.9 Å². The van der Waals surface area contributed by atoms with Gasteiger partial charge >= 0.3 is 11.9 Å². The second-order valence-corrected chi connectivity index (χ2v) is 12.7. The van der Waals surface area contributed by atoms with Crippen LogP contribution in [0.5, 0.6) is 23.0 Å². The van der Waals surface area contributed by atoms with Gasteiger partial charge in [0, 0.05) is 44.5 Å². The Balaban J connectivity index is 1.39. The molecule has 0 aromatic heterocycles. The summed E-state index contributed by atoms with van der Waals surface area (Å²) in [4.78, 5) is 51.3. The SMILES string of the molecule is COc1cc2c(cc1OCCCOc1c(Cl)c3c(c(Br)c1OC)CN(C(=O)CC(C)C(=O)O)C3C)CN(C(=O)CC(C)C(=O)O)C2. The van der Waals surface area contributed by atoms with E-state index in [2.05, 4.69) is 15.9 Å². The highest BCUT2D eigenvalue weighted by Crippen LogP contribution is 2.52. The zero-order valence-electron chi connectivity index (χ0n) is 26.4. The molecule has 2 amide bonds. The molecular formula is C32H38BrClN2O10. The molecule has 2 aliphatic rings. The molecule has 0 saturated carbocycles. The van der Waals surface area contributed by atoms with Gasteiger partial charge in [0.15, 0.2) is 23.0 Å². The molecule has 2 heterocycles. The van der Waals surface area contributed by atoms with Crippen molar-refractivity contribution in [2.24, 2.45) is 11.8 Å². The predicted molar refractivity (Wildman–Crippen MR) is 170 cm³/mol. The van der Waals surface area contributed by atoms with E-state index in [1.807, 2.05) is 19.1 Å². The van der Waals surface area contributed by atoms with E-state index in [1.54, 1.807) is 9.80 Å². The van der Waals surface area contributed by atoms with Crippen LogP contribution in [-0.2, 0) is 38.8 Å². The standard InChI is InChI=1S/C32H38BrClN2O10/c1-16(31(39)40)9-24(37)35-13-19-11-22(43-4)23(12-20(19)14-35)45-7-6-8-46-30-28(34)26-18(3)36(25(38)10-17(2)32(41)42)15-21(26)27(33)29(30)44-5/h11-12,16-18H,6-10,13-15H2,1-5H3,(H,39,40)(H,41,42). The molecule has 3 atom stereocenters. The Labute approximate surface area is 280 Å². The molecule has 2 aliphatic heterocycles. The van der Waals surface area contributed by atoms with Crippen LogP contribution in [0, 0.1) is 11.8 Å². The molecule has 4 rings (SSSR count). The van der Waals surface area contributed by atoms with Crippen LogP contribution in [0.1, 0.15) is 68.3 Å². The molecule has 0 aliphatic carbocycles. The van der Waals surface area contributed by atoms with Crippen molar-refractivity contribution in [3.8, 4) is 23.0 Å². The lowest BCUT2D eigenvalue weighted by atomic mass is 10.0. The maximum atomic E-state index is 13.0. The van der Waals surface area contributed by atoms with E-state index in [1.165, 1.54) is 28.1 Å². The Morgan fingerprint density at radius 1 is 0.891 bits per heavy atom. The number of hydrogen-bond acceptors (Lipinski definition) is 8. The minimum Gasteiger partial charge on any atom is -0.493 e. The smallest absolute Gasteiger partial charge is 0.306 e. The number of amides is 2. The van der Waals surface area contributed by atoms with E-state index in [9.17, 15) is 24.3 Å². The summed E-state index contributed by atoms with van der Waals surface area (Å²) in [6.45, 7) is 6.34. The number of carboxylic acids is 2. The topological polar surface area (TPSA) is 152 Å². The Morgan fingerprint density at radius 2 is 1.46 bits per heavy atom. The van der Waals surface area contributed by atoms with Gasteiger partial charge in [-0.05, 0) is 51.7 Å². The second-order valence-electron chi connectivity index (χ2n) is 11.5. The van der Waals surface area contributed by atoms with Crippen molar-refractivity contribution in [2.75, 3.05) is 27.4 Å². The van der Waals surface area contributed by atoms with Crippen molar-refractivity contribution in [3.63, 3.8) is 0 Å². The normalized spacial score (nSPS) is 16.4. The average Bonchev–Trinajstić information content (AvgIpc) is 3.59. The molecule has 2 N–H and O–H groups in total. The van der Waals surface area contributed by atoms with Gasteiger partial charge in [-0.15, -0.1) is 0 Å². The molecule has 14 heteroatoms.